The van der Waals surface area contributed by atoms with Crippen molar-refractivity contribution >= 4 is 29.9 Å². The number of carbonyl (C=O) groups excluding carboxylic acids is 2. The first-order valence-electron chi connectivity index (χ1n) is 6.99. The van der Waals surface area contributed by atoms with Crippen LogP contribution in [0.5, 0.6) is 0 Å². The molecule has 0 saturated carbocycles. The summed E-state index contributed by atoms with van der Waals surface area (Å²) in [4.78, 5) is 25.7. The van der Waals surface area contributed by atoms with E-state index in [1.807, 2.05) is 31.2 Å². The zero-order valence-corrected chi connectivity index (χ0v) is 13.0. The lowest BCUT2D eigenvalue weighted by atomic mass is 10.2. The zero-order valence-electron chi connectivity index (χ0n) is 12.2. The second-order valence-electron chi connectivity index (χ2n) is 5.13. The number of rotatable bonds is 5. The van der Waals surface area contributed by atoms with Gasteiger partial charge in [0.05, 0.1) is 0 Å². The number of hydrogen-bond acceptors (Lipinski definition) is 3. The van der Waals surface area contributed by atoms with Gasteiger partial charge in [0.2, 0.25) is 11.8 Å². The highest BCUT2D eigenvalue weighted by Crippen LogP contribution is 2.22. The maximum Gasteiger partial charge on any atom is 0.249 e. The standard InChI is InChI=1S/C15H21N3O2.ClH/c1-11-4-6-12(7-5-11)18-10-8-13(15(18)20)17-14(19)3-2-9-16;/h4-7,13H,2-3,8-10,16H2,1H3,(H,17,19);1H. The molecule has 3 N–H and O–H groups in total. The summed E-state index contributed by atoms with van der Waals surface area (Å²) in [6.07, 6.45) is 1.68. The van der Waals surface area contributed by atoms with Crippen LogP contribution in [-0.4, -0.2) is 30.9 Å². The number of aryl methyl sites for hydroxylation is 1. The van der Waals surface area contributed by atoms with Crippen LogP contribution in [0.25, 0.3) is 0 Å². The van der Waals surface area contributed by atoms with Crippen molar-refractivity contribution in [2.75, 3.05) is 18.0 Å². The molecule has 1 atom stereocenters. The molecule has 1 aliphatic rings. The molecule has 1 heterocycles. The van der Waals surface area contributed by atoms with Gasteiger partial charge >= 0.3 is 0 Å². The van der Waals surface area contributed by atoms with Gasteiger partial charge in [-0.1, -0.05) is 17.7 Å². The van der Waals surface area contributed by atoms with E-state index in [-0.39, 0.29) is 24.2 Å². The number of nitrogens with one attached hydrogen (secondary N) is 1. The fraction of sp³-hybridized carbons (Fsp3) is 0.467. The van der Waals surface area contributed by atoms with Crippen LogP contribution < -0.4 is 16.0 Å². The molecule has 0 bridgehead atoms. The van der Waals surface area contributed by atoms with Gasteiger partial charge in [-0.15, -0.1) is 12.4 Å². The molecule has 0 aliphatic carbocycles. The maximum atomic E-state index is 12.3. The molecule has 1 aromatic carbocycles. The third-order valence-electron chi connectivity index (χ3n) is 3.49. The topological polar surface area (TPSA) is 75.4 Å². The lowest BCUT2D eigenvalue weighted by Crippen LogP contribution is -2.41. The Morgan fingerprint density at radius 1 is 1.38 bits per heavy atom. The molecule has 1 aliphatic heterocycles. The number of benzene rings is 1. The van der Waals surface area contributed by atoms with Crippen LogP contribution in [0.1, 0.15) is 24.8 Å². The number of carbonyl (C=O) groups is 2. The molecule has 1 fully saturated rings. The number of nitrogens with two attached hydrogens (primary N) is 1. The van der Waals surface area contributed by atoms with E-state index < -0.39 is 6.04 Å². The van der Waals surface area contributed by atoms with Gasteiger partial charge in [-0.2, -0.15) is 0 Å². The molecule has 0 radical (unpaired) electrons. The van der Waals surface area contributed by atoms with Crippen LogP contribution in [0.4, 0.5) is 5.69 Å². The van der Waals surface area contributed by atoms with Gasteiger partial charge in [0.25, 0.3) is 0 Å². The molecular formula is C15H22ClN3O2. The molecule has 1 saturated heterocycles. The van der Waals surface area contributed by atoms with Crippen molar-refractivity contribution in [3.8, 4) is 0 Å². The number of hydrogen-bond donors (Lipinski definition) is 2. The summed E-state index contributed by atoms with van der Waals surface area (Å²) in [5.74, 6) is -0.130. The van der Waals surface area contributed by atoms with Crippen molar-refractivity contribution in [2.24, 2.45) is 5.73 Å². The van der Waals surface area contributed by atoms with E-state index in [2.05, 4.69) is 5.32 Å². The Kier molecular flexibility index (Phi) is 6.65. The minimum Gasteiger partial charge on any atom is -0.344 e. The average molecular weight is 312 g/mol. The van der Waals surface area contributed by atoms with Crippen LogP contribution in [0.15, 0.2) is 24.3 Å². The lowest BCUT2D eigenvalue weighted by Gasteiger charge is -2.17. The van der Waals surface area contributed by atoms with Gasteiger partial charge in [-0.05, 0) is 38.4 Å². The van der Waals surface area contributed by atoms with E-state index in [0.29, 0.717) is 32.4 Å². The van der Waals surface area contributed by atoms with E-state index in [1.165, 1.54) is 0 Å². The number of halogens is 1. The molecule has 1 aromatic rings. The Morgan fingerprint density at radius 3 is 2.67 bits per heavy atom. The summed E-state index contributed by atoms with van der Waals surface area (Å²) in [5, 5.41) is 2.79. The first kappa shape index (κ1) is 17.5. The van der Waals surface area contributed by atoms with Gasteiger partial charge in [0.15, 0.2) is 0 Å². The van der Waals surface area contributed by atoms with E-state index >= 15 is 0 Å². The van der Waals surface area contributed by atoms with Gasteiger partial charge in [0, 0.05) is 18.7 Å². The second kappa shape index (κ2) is 8.00. The molecule has 0 aromatic heterocycles. The van der Waals surface area contributed by atoms with Gasteiger partial charge in [0.1, 0.15) is 6.04 Å². The van der Waals surface area contributed by atoms with Crippen LogP contribution in [0.2, 0.25) is 0 Å². The van der Waals surface area contributed by atoms with Crippen molar-refractivity contribution in [1.29, 1.82) is 0 Å². The quantitative estimate of drug-likeness (QED) is 0.862. The Balaban J connectivity index is 0.00000220. The monoisotopic (exact) mass is 311 g/mol. The molecule has 6 heteroatoms. The first-order valence-corrected chi connectivity index (χ1v) is 6.99. The van der Waals surface area contributed by atoms with Gasteiger partial charge in [-0.25, -0.2) is 0 Å². The predicted octanol–water partition coefficient (Wildman–Crippen LogP) is 1.38. The van der Waals surface area contributed by atoms with E-state index in [1.54, 1.807) is 4.90 Å². The second-order valence-corrected chi connectivity index (χ2v) is 5.13. The maximum absolute atomic E-state index is 12.3. The summed E-state index contributed by atoms with van der Waals surface area (Å²) in [6, 6.07) is 7.44. The van der Waals surface area contributed by atoms with Crippen molar-refractivity contribution in [2.45, 2.75) is 32.2 Å². The minimum atomic E-state index is -0.401. The molecule has 0 spiro atoms. The van der Waals surface area contributed by atoms with E-state index in [4.69, 9.17) is 5.73 Å². The van der Waals surface area contributed by atoms with Gasteiger partial charge in [-0.3, -0.25) is 9.59 Å². The molecule has 2 rings (SSSR count). The molecule has 5 nitrogen and oxygen atoms in total. The lowest BCUT2D eigenvalue weighted by molar-refractivity contribution is -0.126. The van der Waals surface area contributed by atoms with Crippen molar-refractivity contribution in [1.82, 2.24) is 5.32 Å². The van der Waals surface area contributed by atoms with Crippen LogP contribution in [0.3, 0.4) is 0 Å². The molecular weight excluding hydrogens is 290 g/mol. The highest BCUT2D eigenvalue weighted by atomic mass is 35.5. The molecule has 21 heavy (non-hydrogen) atoms. The van der Waals surface area contributed by atoms with Crippen LogP contribution >= 0.6 is 12.4 Å². The minimum absolute atomic E-state index is 0. The molecule has 116 valence electrons. The SMILES string of the molecule is Cc1ccc(N2CCC(NC(=O)CCCN)C2=O)cc1.Cl. The zero-order chi connectivity index (χ0) is 14.5. The first-order chi connectivity index (χ1) is 9.61. The van der Waals surface area contributed by atoms with Crippen LogP contribution in [0, 0.1) is 6.92 Å². The predicted molar refractivity (Wildman–Crippen MR) is 85.6 cm³/mol. The van der Waals surface area contributed by atoms with Crippen molar-refractivity contribution in [3.05, 3.63) is 29.8 Å². The third-order valence-corrected chi connectivity index (χ3v) is 3.49. The summed E-state index contributed by atoms with van der Waals surface area (Å²) < 4.78 is 0. The van der Waals surface area contributed by atoms with E-state index in [0.717, 1.165) is 11.3 Å². The van der Waals surface area contributed by atoms with Crippen molar-refractivity contribution in [3.63, 3.8) is 0 Å². The smallest absolute Gasteiger partial charge is 0.249 e. The molecule has 1 unspecified atom stereocenters. The average Bonchev–Trinajstić information content (AvgIpc) is 2.79. The normalized spacial score (nSPS) is 17.5. The number of amides is 2. The fourth-order valence-electron chi connectivity index (χ4n) is 2.32. The van der Waals surface area contributed by atoms with Crippen LogP contribution in [-0.2, 0) is 9.59 Å². The van der Waals surface area contributed by atoms with Gasteiger partial charge < -0.3 is 16.0 Å². The summed E-state index contributed by atoms with van der Waals surface area (Å²) in [6.45, 7) is 3.14. The summed E-state index contributed by atoms with van der Waals surface area (Å²) in [7, 11) is 0. The molecule has 2 amide bonds. The largest absolute Gasteiger partial charge is 0.344 e. The summed E-state index contributed by atoms with van der Waals surface area (Å²) >= 11 is 0. The fourth-order valence-corrected chi connectivity index (χ4v) is 2.32. The highest BCUT2D eigenvalue weighted by molar-refractivity contribution is 6.01. The Labute approximate surface area is 131 Å². The Hall–Kier alpha value is -1.59. The summed E-state index contributed by atoms with van der Waals surface area (Å²) in [5.41, 5.74) is 7.41. The van der Waals surface area contributed by atoms with E-state index in [9.17, 15) is 9.59 Å². The Morgan fingerprint density at radius 2 is 2.05 bits per heavy atom. The Bertz CT molecular complexity index is 490. The number of anilines is 1. The number of nitrogens with zero attached hydrogens (tertiary/aromatic N) is 1. The van der Waals surface area contributed by atoms with Crippen molar-refractivity contribution < 1.29 is 9.59 Å². The third kappa shape index (κ3) is 4.44. The highest BCUT2D eigenvalue weighted by Gasteiger charge is 2.33.